The maximum Gasteiger partial charge on any atom is 0.416 e. The number of nitrogens with zero attached hydrogens (tertiary/aromatic N) is 8. The highest BCUT2D eigenvalue weighted by Gasteiger charge is 2.47. The molecular weight excluding hydrogens is 650 g/mol. The minimum absolute atomic E-state index is 0.00630. The fourth-order valence-corrected chi connectivity index (χ4v) is 6.31. The van der Waals surface area contributed by atoms with E-state index < -0.39 is 84.4 Å². The molecule has 2 aliphatic rings. The Morgan fingerprint density at radius 3 is 2.55 bits per heavy atom. The highest BCUT2D eigenvalue weighted by atomic mass is 19.4. The minimum Gasteiger partial charge on any atom is -0.504 e. The van der Waals surface area contributed by atoms with E-state index in [-0.39, 0.29) is 64.6 Å². The summed E-state index contributed by atoms with van der Waals surface area (Å²) >= 11 is 0. The van der Waals surface area contributed by atoms with Crippen LogP contribution in [0.1, 0.15) is 55.4 Å². The van der Waals surface area contributed by atoms with Gasteiger partial charge in [0.2, 0.25) is 11.3 Å². The number of piperazine rings is 1. The third-order valence-corrected chi connectivity index (χ3v) is 8.80. The molecule has 2 fully saturated rings. The number of fused-ring (bicyclic) bond motifs is 2. The zero-order valence-electron chi connectivity index (χ0n) is 32.0. The summed E-state index contributed by atoms with van der Waals surface area (Å²) in [5.41, 5.74) is -3.16. The molecule has 3 aromatic heterocycles. The Morgan fingerprint density at radius 1 is 1.14 bits per heavy atom. The molecule has 0 radical (unpaired) electrons. The first kappa shape index (κ1) is 26.6. The molecule has 0 spiro atoms. The summed E-state index contributed by atoms with van der Waals surface area (Å²) in [5, 5.41) is 12.7. The molecule has 0 unspecified atom stereocenters. The van der Waals surface area contributed by atoms with Crippen LogP contribution in [0, 0.1) is 12.7 Å². The average molecular weight is 690 g/mol. The Bertz CT molecular complexity index is 2240. The molecule has 49 heavy (non-hydrogen) atoms. The predicted molar refractivity (Wildman–Crippen MR) is 171 cm³/mol. The van der Waals surface area contributed by atoms with Gasteiger partial charge in [-0.15, -0.1) is 0 Å². The summed E-state index contributed by atoms with van der Waals surface area (Å²) in [6.45, 7) is -3.93. The van der Waals surface area contributed by atoms with Crippen molar-refractivity contribution in [2.24, 2.45) is 0 Å². The van der Waals surface area contributed by atoms with Crippen LogP contribution < -0.4 is 20.5 Å². The van der Waals surface area contributed by atoms with Gasteiger partial charge in [0.25, 0.3) is 5.91 Å². The van der Waals surface area contributed by atoms with Gasteiger partial charge in [-0.3, -0.25) is 14.4 Å². The normalized spacial score (nSPS) is 19.8. The van der Waals surface area contributed by atoms with E-state index in [2.05, 4.69) is 25.3 Å². The number of benzene rings is 1. The number of aryl methyl sites for hydroxylation is 1. The Hall–Kier alpha value is -5.35. The van der Waals surface area contributed by atoms with Gasteiger partial charge in [0.1, 0.15) is 30.2 Å². The van der Waals surface area contributed by atoms with Crippen LogP contribution in [-0.2, 0) is 23.9 Å². The second kappa shape index (κ2) is 12.6. The number of carbonyl (C=O) groups is 2. The summed E-state index contributed by atoms with van der Waals surface area (Å²) in [4.78, 5) is 61.2. The van der Waals surface area contributed by atoms with E-state index in [9.17, 15) is 37.1 Å². The fourth-order valence-electron chi connectivity index (χ4n) is 6.31. The molecule has 13 nitrogen and oxygen atoms in total. The van der Waals surface area contributed by atoms with Gasteiger partial charge in [0, 0.05) is 47.0 Å². The van der Waals surface area contributed by atoms with E-state index in [1.165, 1.54) is 16.4 Å². The van der Waals surface area contributed by atoms with Gasteiger partial charge in [-0.1, -0.05) is 6.92 Å². The Balaban J connectivity index is 1.45. The molecule has 1 aliphatic heterocycles. The molecule has 2 amide bonds. The second-order valence-electron chi connectivity index (χ2n) is 11.6. The third kappa shape index (κ3) is 5.97. The molecule has 4 heterocycles. The molecule has 2 N–H and O–H groups in total. The Kier molecular flexibility index (Phi) is 6.83. The van der Waals surface area contributed by atoms with Crippen LogP contribution in [0.4, 0.5) is 34.8 Å². The van der Waals surface area contributed by atoms with Gasteiger partial charge in [0.05, 0.1) is 29.2 Å². The number of aromatic hydroxyl groups is 1. The molecule has 1 saturated heterocycles. The summed E-state index contributed by atoms with van der Waals surface area (Å²) < 4.78 is 103. The van der Waals surface area contributed by atoms with Crippen molar-refractivity contribution >= 4 is 40.2 Å². The number of aromatic nitrogens is 5. The zero-order valence-corrected chi connectivity index (χ0v) is 26.0. The van der Waals surface area contributed by atoms with Crippen LogP contribution in [-0.4, -0.2) is 85.4 Å². The molecule has 1 aliphatic carbocycles. The number of amides is 2. The standard InChI is InChI=1S/C32H33F4N9O4/c1-5-20-27(43-10-11-44(22-9-8-21(22)43)31(49)26-28(47)16(2)38-15-39-26)29(48)25-30(37-13-23(41-25)42(3)4)45(20)14-24(46)40-19-7-6-17(12-18(19)33)32(34,35)36/h6-7,12-13,15,21-22,47H,5,8-11,14H2,1-4H3,(H,40,46)/t21-,22-/m0/s1/i3D3,4D3. The topological polar surface area (TPSA) is 150 Å². The van der Waals surface area contributed by atoms with E-state index in [0.29, 0.717) is 18.9 Å². The molecule has 0 bridgehead atoms. The average Bonchev–Trinajstić information content (AvgIpc) is 3.06. The van der Waals surface area contributed by atoms with Crippen molar-refractivity contribution in [2.45, 2.75) is 57.9 Å². The van der Waals surface area contributed by atoms with E-state index in [1.54, 1.807) is 11.8 Å². The van der Waals surface area contributed by atoms with Crippen molar-refractivity contribution in [1.82, 2.24) is 29.4 Å². The van der Waals surface area contributed by atoms with E-state index in [0.717, 1.165) is 18.6 Å². The van der Waals surface area contributed by atoms with Gasteiger partial charge < -0.3 is 29.7 Å². The van der Waals surface area contributed by atoms with E-state index in [1.807, 2.05) is 0 Å². The number of hydrogen-bond acceptors (Lipinski definition) is 10. The summed E-state index contributed by atoms with van der Waals surface area (Å²) in [7, 11) is 0. The number of hydrogen-bond donors (Lipinski definition) is 2. The van der Waals surface area contributed by atoms with Crippen LogP contribution in [0.5, 0.6) is 5.75 Å². The minimum atomic E-state index is -4.84. The van der Waals surface area contributed by atoms with Gasteiger partial charge >= 0.3 is 6.18 Å². The monoisotopic (exact) mass is 689 g/mol. The summed E-state index contributed by atoms with van der Waals surface area (Å²) in [5.74, 6) is -3.93. The number of nitrogens with one attached hydrogen (secondary N) is 1. The van der Waals surface area contributed by atoms with E-state index in [4.69, 9.17) is 8.22 Å². The van der Waals surface area contributed by atoms with Crippen LogP contribution in [0.3, 0.4) is 0 Å². The molecule has 17 heteroatoms. The first-order valence-corrected chi connectivity index (χ1v) is 15.1. The van der Waals surface area contributed by atoms with Gasteiger partial charge in [0.15, 0.2) is 22.6 Å². The van der Waals surface area contributed by atoms with Gasteiger partial charge in [-0.25, -0.2) is 24.3 Å². The van der Waals surface area contributed by atoms with Crippen molar-refractivity contribution in [3.05, 3.63) is 69.4 Å². The number of rotatable bonds is 7. The zero-order chi connectivity index (χ0) is 40.4. The largest absolute Gasteiger partial charge is 0.504 e. The Labute approximate surface area is 285 Å². The SMILES string of the molecule is [2H]C([2H])([2H])N(c1cnc2c(n1)c(=O)c(N1CCN(C(=O)c3ncnc(C)c3O)[C@H]3CC[C@@H]31)c(CC)n2CC(=O)Nc1ccc(C(F)(F)F)cc1F)C([2H])([2H])[2H]. The molecule has 258 valence electrons. The maximum atomic E-state index is 14.7. The van der Waals surface area contributed by atoms with Crippen LogP contribution in [0.2, 0.25) is 0 Å². The molecule has 4 aromatic rings. The quantitative estimate of drug-likeness (QED) is 0.276. The summed E-state index contributed by atoms with van der Waals surface area (Å²) in [6, 6.07) is 0.620. The lowest BCUT2D eigenvalue weighted by atomic mass is 9.81. The number of halogens is 4. The van der Waals surface area contributed by atoms with Crippen LogP contribution in [0.25, 0.3) is 11.2 Å². The highest BCUT2D eigenvalue weighted by molar-refractivity contribution is 5.96. The lowest BCUT2D eigenvalue weighted by Gasteiger charge is -2.54. The van der Waals surface area contributed by atoms with Crippen LogP contribution >= 0.6 is 0 Å². The lowest BCUT2D eigenvalue weighted by Crippen LogP contribution is -2.67. The highest BCUT2D eigenvalue weighted by Crippen LogP contribution is 2.39. The number of anilines is 3. The second-order valence-corrected chi connectivity index (χ2v) is 11.6. The van der Waals surface area contributed by atoms with Crippen molar-refractivity contribution in [3.63, 3.8) is 0 Å². The van der Waals surface area contributed by atoms with Crippen molar-refractivity contribution < 1.29 is 40.5 Å². The molecule has 6 rings (SSSR count). The lowest BCUT2D eigenvalue weighted by molar-refractivity contribution is -0.137. The van der Waals surface area contributed by atoms with Gasteiger partial charge in [-0.2, -0.15) is 13.2 Å². The van der Waals surface area contributed by atoms with Crippen LogP contribution in [0.15, 0.2) is 35.5 Å². The number of pyridine rings is 1. The van der Waals surface area contributed by atoms with Crippen molar-refractivity contribution in [2.75, 3.05) is 42.2 Å². The van der Waals surface area contributed by atoms with E-state index >= 15 is 0 Å². The number of alkyl halides is 3. The van der Waals surface area contributed by atoms with Gasteiger partial charge in [-0.05, 0) is 44.4 Å². The first-order valence-electron chi connectivity index (χ1n) is 18.1. The predicted octanol–water partition coefficient (Wildman–Crippen LogP) is 3.51. The molecular formula is C32H33F4N9O4. The van der Waals surface area contributed by atoms with Crippen molar-refractivity contribution in [1.29, 1.82) is 0 Å². The number of carbonyl (C=O) groups excluding carboxylic acids is 2. The fraction of sp³-hybridized carbons (Fsp3) is 0.406. The summed E-state index contributed by atoms with van der Waals surface area (Å²) in [6.07, 6.45) is -1.79. The molecule has 1 aromatic carbocycles. The maximum absolute atomic E-state index is 14.7. The Morgan fingerprint density at radius 2 is 1.90 bits per heavy atom. The van der Waals surface area contributed by atoms with Crippen molar-refractivity contribution in [3.8, 4) is 5.75 Å². The molecule has 2 atom stereocenters. The molecule has 1 saturated carbocycles. The smallest absolute Gasteiger partial charge is 0.416 e. The first-order chi connectivity index (χ1) is 25.6. The third-order valence-electron chi connectivity index (χ3n) is 8.80.